The zero-order valence-corrected chi connectivity index (χ0v) is 34.9. The molecule has 10 nitrogen and oxygen atoms in total. The number of rotatable bonds is 36. The number of phosphoric ester groups is 1. The Bertz CT molecular complexity index is 1290. The van der Waals surface area contributed by atoms with E-state index in [1.807, 2.05) is 36.5 Å². The van der Waals surface area contributed by atoms with E-state index in [0.717, 1.165) is 77.0 Å². The van der Waals surface area contributed by atoms with Crippen molar-refractivity contribution in [3.63, 3.8) is 0 Å². The minimum absolute atomic E-state index is 0.141. The van der Waals surface area contributed by atoms with Gasteiger partial charge >= 0.3 is 19.8 Å². The maximum Gasteiger partial charge on any atom is 0.472 e. The van der Waals surface area contributed by atoms with E-state index in [0.29, 0.717) is 19.3 Å². The molecule has 316 valence electrons. The van der Waals surface area contributed by atoms with Crippen molar-refractivity contribution >= 4 is 19.8 Å². The highest BCUT2D eigenvalue weighted by Crippen LogP contribution is 2.43. The molecule has 0 aliphatic carbocycles. The van der Waals surface area contributed by atoms with Gasteiger partial charge < -0.3 is 24.6 Å². The van der Waals surface area contributed by atoms with Gasteiger partial charge in [0, 0.05) is 12.8 Å². The van der Waals surface area contributed by atoms with E-state index in [-0.39, 0.29) is 19.4 Å². The van der Waals surface area contributed by atoms with Crippen LogP contribution in [0.5, 0.6) is 0 Å². The van der Waals surface area contributed by atoms with E-state index < -0.39 is 51.8 Å². The molecule has 0 saturated carbocycles. The molecular formula is C45H71O10P. The maximum atomic E-state index is 12.6. The van der Waals surface area contributed by atoms with Crippen molar-refractivity contribution in [2.24, 2.45) is 0 Å². The predicted octanol–water partition coefficient (Wildman–Crippen LogP) is 10.6. The summed E-state index contributed by atoms with van der Waals surface area (Å²) in [5.74, 6) is -1.03. The summed E-state index contributed by atoms with van der Waals surface area (Å²) in [5.41, 5.74) is 0. The minimum Gasteiger partial charge on any atom is -0.462 e. The highest BCUT2D eigenvalue weighted by Gasteiger charge is 2.27. The van der Waals surface area contributed by atoms with Crippen LogP contribution in [0.4, 0.5) is 0 Å². The van der Waals surface area contributed by atoms with Crippen molar-refractivity contribution in [3.05, 3.63) is 109 Å². The van der Waals surface area contributed by atoms with Crippen LogP contribution in [-0.2, 0) is 32.7 Å². The van der Waals surface area contributed by atoms with Crippen molar-refractivity contribution < 1.29 is 47.8 Å². The topological polar surface area (TPSA) is 149 Å². The number of aliphatic hydroxyl groups excluding tert-OH is 2. The van der Waals surface area contributed by atoms with Crippen LogP contribution in [0.2, 0.25) is 0 Å². The molecule has 11 heteroatoms. The molecule has 0 aromatic carbocycles. The summed E-state index contributed by atoms with van der Waals surface area (Å²) in [5, 5.41) is 18.3. The lowest BCUT2D eigenvalue weighted by Crippen LogP contribution is -2.29. The lowest BCUT2D eigenvalue weighted by atomic mass is 10.1. The molecular weight excluding hydrogens is 731 g/mol. The number of phosphoric acid groups is 1. The molecule has 3 atom stereocenters. The molecule has 0 aromatic heterocycles. The highest BCUT2D eigenvalue weighted by molar-refractivity contribution is 7.47. The van der Waals surface area contributed by atoms with Gasteiger partial charge in [0.25, 0.3) is 0 Å². The van der Waals surface area contributed by atoms with Crippen LogP contribution < -0.4 is 0 Å². The zero-order chi connectivity index (χ0) is 41.2. The average molecular weight is 803 g/mol. The van der Waals surface area contributed by atoms with Crippen molar-refractivity contribution in [3.8, 4) is 0 Å². The molecule has 2 unspecified atom stereocenters. The summed E-state index contributed by atoms with van der Waals surface area (Å²) in [7, 11) is -4.64. The number of carbonyl (C=O) groups excluding carboxylic acids is 2. The third-order valence-corrected chi connectivity index (χ3v) is 8.68. The number of carbonyl (C=O) groups is 2. The van der Waals surface area contributed by atoms with E-state index in [4.69, 9.17) is 19.1 Å². The van der Waals surface area contributed by atoms with Crippen LogP contribution in [-0.4, -0.2) is 65.7 Å². The van der Waals surface area contributed by atoms with Crippen molar-refractivity contribution in [1.82, 2.24) is 0 Å². The Morgan fingerprint density at radius 1 is 0.554 bits per heavy atom. The summed E-state index contributed by atoms with van der Waals surface area (Å²) in [6, 6.07) is 0. The normalized spacial score (nSPS) is 15.0. The van der Waals surface area contributed by atoms with Gasteiger partial charge in [0.05, 0.1) is 19.8 Å². The average Bonchev–Trinajstić information content (AvgIpc) is 3.19. The first-order valence-electron chi connectivity index (χ1n) is 20.4. The quantitative estimate of drug-likeness (QED) is 0.0184. The standard InChI is InChI=1S/C45H71O10P/c1-3-5-7-9-11-13-15-17-18-19-20-21-22-23-25-26-28-30-32-34-36-44(48)52-40-43(41-54-56(50,51)53-39-42(47)38-46)55-45(49)37-35-33-31-29-27-24-16-14-12-10-8-6-4-2/h5-8,10-14,16-18,20-21,23,25,28,30,42-43,46-47H,3-4,9,15,19,22,24,26-27,29,31-41H2,1-2H3,(H,50,51)/b7-5+,8-6+,12-10+,13-11+,16-14+,18-17+,21-20+,25-23+,30-28+/t42-,43?/m1/s1. The molecule has 0 aromatic rings. The van der Waals surface area contributed by atoms with Gasteiger partial charge in [-0.3, -0.25) is 18.6 Å². The monoisotopic (exact) mass is 802 g/mol. The van der Waals surface area contributed by atoms with Gasteiger partial charge in [-0.05, 0) is 77.0 Å². The Balaban J connectivity index is 4.47. The third-order valence-electron chi connectivity index (χ3n) is 7.73. The molecule has 0 aliphatic rings. The van der Waals surface area contributed by atoms with Crippen LogP contribution in [0.1, 0.15) is 123 Å². The maximum absolute atomic E-state index is 12.6. The first kappa shape index (κ1) is 52.6. The van der Waals surface area contributed by atoms with Crippen LogP contribution in [0.25, 0.3) is 0 Å². The second-order valence-electron chi connectivity index (χ2n) is 13.0. The number of hydrogen-bond donors (Lipinski definition) is 3. The first-order valence-corrected chi connectivity index (χ1v) is 21.9. The second kappa shape index (κ2) is 39.8. The summed E-state index contributed by atoms with van der Waals surface area (Å²) in [6.45, 7) is 2.00. The molecule has 0 amide bonds. The van der Waals surface area contributed by atoms with Gasteiger partial charge in [0.1, 0.15) is 12.7 Å². The molecule has 0 radical (unpaired) electrons. The molecule has 0 fully saturated rings. The van der Waals surface area contributed by atoms with Gasteiger partial charge in [-0.25, -0.2) is 4.57 Å². The van der Waals surface area contributed by atoms with Crippen LogP contribution in [0.3, 0.4) is 0 Å². The summed E-state index contributed by atoms with van der Waals surface area (Å²) >= 11 is 0. The van der Waals surface area contributed by atoms with Crippen LogP contribution >= 0.6 is 7.82 Å². The first-order chi connectivity index (χ1) is 27.2. The number of allylic oxidation sites excluding steroid dienone is 18. The summed E-state index contributed by atoms with van der Waals surface area (Å²) in [4.78, 5) is 34.9. The number of hydrogen-bond acceptors (Lipinski definition) is 9. The van der Waals surface area contributed by atoms with Crippen LogP contribution in [0, 0.1) is 0 Å². The van der Waals surface area contributed by atoms with Gasteiger partial charge in [0.2, 0.25) is 0 Å². The Labute approximate surface area is 337 Å². The number of unbranched alkanes of at least 4 members (excludes halogenated alkanes) is 6. The Kier molecular flexibility index (Phi) is 37.5. The Morgan fingerprint density at radius 3 is 1.62 bits per heavy atom. The third kappa shape index (κ3) is 38.9. The van der Waals surface area contributed by atoms with Gasteiger partial charge in [0.15, 0.2) is 6.10 Å². The lowest BCUT2D eigenvalue weighted by Gasteiger charge is -2.20. The fourth-order valence-electron chi connectivity index (χ4n) is 4.65. The highest BCUT2D eigenvalue weighted by atomic mass is 31.2. The molecule has 0 heterocycles. The van der Waals surface area contributed by atoms with Crippen LogP contribution in [0.15, 0.2) is 109 Å². The van der Waals surface area contributed by atoms with Crippen molar-refractivity contribution in [2.45, 2.75) is 135 Å². The van der Waals surface area contributed by atoms with Gasteiger partial charge in [-0.1, -0.05) is 142 Å². The number of ether oxygens (including phenoxy) is 2. The number of aliphatic hydroxyl groups is 2. The van der Waals surface area contributed by atoms with Crippen molar-refractivity contribution in [1.29, 1.82) is 0 Å². The molecule has 0 bridgehead atoms. The lowest BCUT2D eigenvalue weighted by molar-refractivity contribution is -0.161. The molecule has 0 saturated heterocycles. The van der Waals surface area contributed by atoms with E-state index in [1.165, 1.54) is 0 Å². The minimum atomic E-state index is -4.64. The molecule has 3 N–H and O–H groups in total. The Morgan fingerprint density at radius 2 is 1.04 bits per heavy atom. The zero-order valence-electron chi connectivity index (χ0n) is 34.0. The molecule has 0 aliphatic heterocycles. The van der Waals surface area contributed by atoms with Gasteiger partial charge in [-0.15, -0.1) is 0 Å². The molecule has 56 heavy (non-hydrogen) atoms. The van der Waals surface area contributed by atoms with E-state index >= 15 is 0 Å². The smallest absolute Gasteiger partial charge is 0.462 e. The Hall–Kier alpha value is -3.37. The fraction of sp³-hybridized carbons (Fsp3) is 0.556. The number of esters is 2. The van der Waals surface area contributed by atoms with Gasteiger partial charge in [-0.2, -0.15) is 0 Å². The van der Waals surface area contributed by atoms with E-state index in [9.17, 15) is 24.2 Å². The van der Waals surface area contributed by atoms with E-state index in [1.54, 1.807) is 0 Å². The second-order valence-corrected chi connectivity index (χ2v) is 14.4. The summed E-state index contributed by atoms with van der Waals surface area (Å²) in [6.07, 6.45) is 49.2. The molecule has 0 rings (SSSR count). The molecule has 0 spiro atoms. The van der Waals surface area contributed by atoms with Crippen molar-refractivity contribution in [2.75, 3.05) is 26.4 Å². The van der Waals surface area contributed by atoms with E-state index in [2.05, 4.69) is 91.3 Å². The fourth-order valence-corrected chi connectivity index (χ4v) is 5.44. The largest absolute Gasteiger partial charge is 0.472 e. The summed E-state index contributed by atoms with van der Waals surface area (Å²) < 4.78 is 32.6. The predicted molar refractivity (Wildman–Crippen MR) is 228 cm³/mol. The SMILES string of the molecule is CC/C=C/C=C/C=C/CCCCCCCC(=O)OC(COC(=O)CCC/C=C/C/C=C/C/C=C/C/C=C/C/C=C/C/C=C/CC)COP(=O)(O)OC[C@H](O)CO.